The summed E-state index contributed by atoms with van der Waals surface area (Å²) in [5.74, 6) is 5.24. The van der Waals surface area contributed by atoms with Gasteiger partial charge in [0.25, 0.3) is 0 Å². The van der Waals surface area contributed by atoms with Crippen LogP contribution < -0.4 is 5.73 Å². The third-order valence-electron chi connectivity index (χ3n) is 2.67. The molecule has 0 aliphatic carbocycles. The van der Waals surface area contributed by atoms with Crippen LogP contribution >= 0.6 is 11.3 Å². The predicted molar refractivity (Wildman–Crippen MR) is 79.2 cm³/mol. The molecule has 2 rings (SSSR count). The second-order valence-electron chi connectivity index (χ2n) is 3.73. The van der Waals surface area contributed by atoms with Gasteiger partial charge in [0.1, 0.15) is 0 Å². The molecule has 2 aromatic rings. The number of anilines is 1. The number of nitrogens with two attached hydrogens (primary N) is 1. The Morgan fingerprint density at radius 2 is 1.94 bits per heavy atom. The summed E-state index contributed by atoms with van der Waals surface area (Å²) in [6, 6.07) is 7.40. The van der Waals surface area contributed by atoms with Gasteiger partial charge in [0.05, 0.1) is 4.88 Å². The molecule has 2 N–H and O–H groups in total. The topological polar surface area (TPSA) is 26.0 Å². The normalized spacial score (nSPS) is 9.44. The van der Waals surface area contributed by atoms with Crippen molar-refractivity contribution in [2.75, 3.05) is 5.73 Å². The summed E-state index contributed by atoms with van der Waals surface area (Å²) in [5, 5.41) is 1.94. The lowest BCUT2D eigenvalue weighted by molar-refractivity contribution is 1.55. The van der Waals surface area contributed by atoms with Crippen LogP contribution in [0.2, 0.25) is 0 Å². The van der Waals surface area contributed by atoms with Gasteiger partial charge in [-0.25, -0.2) is 0 Å². The SMILES string of the molecule is C#Cc1ccc(N)c(C(=C)c2ccsc2C#C)c1. The fourth-order valence-electron chi connectivity index (χ4n) is 1.71. The monoisotopic (exact) mass is 249 g/mol. The zero-order valence-electron chi connectivity index (χ0n) is 9.73. The highest BCUT2D eigenvalue weighted by Crippen LogP contribution is 2.31. The van der Waals surface area contributed by atoms with E-state index in [9.17, 15) is 0 Å². The van der Waals surface area contributed by atoms with Crippen molar-refractivity contribution in [1.82, 2.24) is 0 Å². The maximum absolute atomic E-state index is 5.96. The van der Waals surface area contributed by atoms with E-state index in [4.69, 9.17) is 18.6 Å². The third kappa shape index (κ3) is 2.02. The van der Waals surface area contributed by atoms with Gasteiger partial charge in [-0.3, -0.25) is 0 Å². The standard InChI is InChI=1S/C16H11NS/c1-4-12-6-7-15(17)14(10-12)11(3)13-8-9-18-16(13)5-2/h1-2,6-10H,3,17H2. The van der Waals surface area contributed by atoms with Crippen LogP contribution in [0.1, 0.15) is 21.6 Å². The molecule has 0 unspecified atom stereocenters. The Labute approximate surface area is 111 Å². The molecule has 0 bridgehead atoms. The molecule has 0 aliphatic heterocycles. The van der Waals surface area contributed by atoms with Gasteiger partial charge in [-0.2, -0.15) is 0 Å². The average Bonchev–Trinajstić information content (AvgIpc) is 2.86. The average molecular weight is 249 g/mol. The van der Waals surface area contributed by atoms with Gasteiger partial charge in [-0.15, -0.1) is 24.2 Å². The van der Waals surface area contributed by atoms with Crippen LogP contribution in [0.5, 0.6) is 0 Å². The zero-order chi connectivity index (χ0) is 13.1. The molecule has 1 aromatic carbocycles. The first-order valence-electron chi connectivity index (χ1n) is 5.27. The number of terminal acetylenes is 2. The van der Waals surface area contributed by atoms with Gasteiger partial charge in [0.2, 0.25) is 0 Å². The molecular formula is C16H11NS. The van der Waals surface area contributed by atoms with Crippen LogP contribution in [0.4, 0.5) is 5.69 Å². The summed E-state index contributed by atoms with van der Waals surface area (Å²) in [4.78, 5) is 0.852. The van der Waals surface area contributed by atoms with Crippen molar-refractivity contribution in [2.24, 2.45) is 0 Å². The van der Waals surface area contributed by atoms with Crippen LogP contribution in [0.15, 0.2) is 36.2 Å². The maximum atomic E-state index is 5.96. The fourth-order valence-corrected chi connectivity index (χ4v) is 2.44. The minimum atomic E-state index is 0.646. The van der Waals surface area contributed by atoms with Gasteiger partial charge < -0.3 is 5.73 Å². The largest absolute Gasteiger partial charge is 0.398 e. The zero-order valence-corrected chi connectivity index (χ0v) is 10.6. The van der Waals surface area contributed by atoms with E-state index in [0.29, 0.717) is 5.69 Å². The molecule has 0 atom stereocenters. The lowest BCUT2D eigenvalue weighted by Crippen LogP contribution is -1.95. The van der Waals surface area contributed by atoms with Crippen LogP contribution in [-0.4, -0.2) is 0 Å². The quantitative estimate of drug-likeness (QED) is 0.641. The third-order valence-corrected chi connectivity index (χ3v) is 3.51. The molecular weight excluding hydrogens is 238 g/mol. The van der Waals surface area contributed by atoms with E-state index >= 15 is 0 Å². The second-order valence-corrected chi connectivity index (χ2v) is 4.65. The number of hydrogen-bond donors (Lipinski definition) is 1. The number of rotatable bonds is 2. The molecule has 0 fully saturated rings. The van der Waals surface area contributed by atoms with E-state index in [1.807, 2.05) is 23.6 Å². The first-order valence-corrected chi connectivity index (χ1v) is 6.15. The van der Waals surface area contributed by atoms with Crippen LogP contribution in [0.25, 0.3) is 5.57 Å². The number of benzene rings is 1. The van der Waals surface area contributed by atoms with E-state index in [-0.39, 0.29) is 0 Å². The Hall–Kier alpha value is -2.42. The van der Waals surface area contributed by atoms with Crippen LogP contribution in [0.3, 0.4) is 0 Å². The van der Waals surface area contributed by atoms with Crippen molar-refractivity contribution < 1.29 is 0 Å². The van der Waals surface area contributed by atoms with Crippen molar-refractivity contribution in [3.63, 3.8) is 0 Å². The molecule has 1 aromatic heterocycles. The van der Waals surface area contributed by atoms with Crippen molar-refractivity contribution in [2.45, 2.75) is 0 Å². The van der Waals surface area contributed by atoms with Gasteiger partial charge in [0, 0.05) is 22.4 Å². The van der Waals surface area contributed by atoms with E-state index in [0.717, 1.165) is 27.1 Å². The Kier molecular flexibility index (Phi) is 3.24. The minimum absolute atomic E-state index is 0.646. The molecule has 1 nitrogen and oxygen atoms in total. The summed E-state index contributed by atoms with van der Waals surface area (Å²) in [6.45, 7) is 4.07. The van der Waals surface area contributed by atoms with Gasteiger partial charge in [-0.1, -0.05) is 18.4 Å². The highest BCUT2D eigenvalue weighted by atomic mass is 32.1. The van der Waals surface area contributed by atoms with Crippen LogP contribution in [0, 0.1) is 24.7 Å². The maximum Gasteiger partial charge on any atom is 0.0843 e. The summed E-state index contributed by atoms with van der Waals surface area (Å²) < 4.78 is 0. The summed E-state index contributed by atoms with van der Waals surface area (Å²) in [5.41, 5.74) is 9.96. The molecule has 0 spiro atoms. The smallest absolute Gasteiger partial charge is 0.0843 e. The summed E-state index contributed by atoms with van der Waals surface area (Å²) in [6.07, 6.45) is 10.9. The van der Waals surface area contributed by atoms with Gasteiger partial charge in [-0.05, 0) is 35.2 Å². The molecule has 86 valence electrons. The number of thiophene rings is 1. The first kappa shape index (κ1) is 12.0. The number of nitrogen functional groups attached to an aromatic ring is 1. The Morgan fingerprint density at radius 1 is 1.17 bits per heavy atom. The molecule has 0 aliphatic rings. The molecule has 2 heteroatoms. The van der Waals surface area contributed by atoms with Gasteiger partial charge in [0.15, 0.2) is 0 Å². The van der Waals surface area contributed by atoms with Crippen molar-refractivity contribution >= 4 is 22.6 Å². The summed E-state index contributed by atoms with van der Waals surface area (Å²) in [7, 11) is 0. The lowest BCUT2D eigenvalue weighted by atomic mass is 9.97. The van der Waals surface area contributed by atoms with Crippen LogP contribution in [-0.2, 0) is 0 Å². The van der Waals surface area contributed by atoms with Crippen molar-refractivity contribution in [1.29, 1.82) is 0 Å². The molecule has 0 saturated heterocycles. The van der Waals surface area contributed by atoms with Gasteiger partial charge >= 0.3 is 0 Å². The van der Waals surface area contributed by atoms with E-state index in [1.165, 1.54) is 11.3 Å². The minimum Gasteiger partial charge on any atom is -0.398 e. The van der Waals surface area contributed by atoms with Crippen molar-refractivity contribution in [3.05, 3.63) is 57.8 Å². The van der Waals surface area contributed by atoms with E-state index in [1.54, 1.807) is 6.07 Å². The first-order chi connectivity index (χ1) is 8.67. The summed E-state index contributed by atoms with van der Waals surface area (Å²) >= 11 is 1.51. The van der Waals surface area contributed by atoms with E-state index < -0.39 is 0 Å². The fraction of sp³-hybridized carbons (Fsp3) is 0. The molecule has 0 radical (unpaired) electrons. The highest BCUT2D eigenvalue weighted by Gasteiger charge is 2.11. The highest BCUT2D eigenvalue weighted by molar-refractivity contribution is 7.10. The lowest BCUT2D eigenvalue weighted by Gasteiger charge is -2.09. The molecule has 0 amide bonds. The Bertz CT molecular complexity index is 693. The molecule has 1 heterocycles. The Balaban J connectivity index is 2.54. The predicted octanol–water partition coefficient (Wildman–Crippen LogP) is 3.35. The van der Waals surface area contributed by atoms with Crippen molar-refractivity contribution in [3.8, 4) is 24.7 Å². The molecule has 0 saturated carbocycles. The number of hydrogen-bond acceptors (Lipinski definition) is 2. The molecule has 18 heavy (non-hydrogen) atoms. The Morgan fingerprint density at radius 3 is 2.61 bits per heavy atom. The second kappa shape index (κ2) is 4.84. The van der Waals surface area contributed by atoms with E-state index in [2.05, 4.69) is 18.4 Å².